The van der Waals surface area contributed by atoms with E-state index in [0.717, 1.165) is 0 Å². The van der Waals surface area contributed by atoms with Crippen molar-refractivity contribution in [3.8, 4) is 0 Å². The molecule has 0 unspecified atom stereocenters. The second-order valence-electron chi connectivity index (χ2n) is 0.814. The van der Waals surface area contributed by atoms with E-state index in [1.54, 1.807) is 0 Å². The van der Waals surface area contributed by atoms with Crippen LogP contribution in [0, 0.1) is 6.20 Å². The van der Waals surface area contributed by atoms with Crippen LogP contribution in [0.3, 0.4) is 0 Å². The summed E-state index contributed by atoms with van der Waals surface area (Å²) in [6.45, 7) is 0. The Morgan fingerprint density at radius 1 is 1.25 bits per heavy atom. The van der Waals surface area contributed by atoms with Crippen molar-refractivity contribution in [3.05, 3.63) is 24.5 Å². The third-order valence-corrected chi connectivity index (χ3v) is 0.442. The van der Waals surface area contributed by atoms with Gasteiger partial charge in [0.1, 0.15) is 0 Å². The van der Waals surface area contributed by atoms with Gasteiger partial charge in [0.25, 0.3) is 0 Å². The fourth-order valence-corrected chi connectivity index (χ4v) is 0.241. The number of hydrogen-bond acceptors (Lipinski definition) is 0. The van der Waals surface area contributed by atoms with Crippen LogP contribution in [0.1, 0.15) is 0 Å². The quantitative estimate of drug-likeness (QED) is 0.344. The van der Waals surface area contributed by atoms with E-state index < -0.39 is 0 Å². The van der Waals surface area contributed by atoms with Crippen LogP contribution in [0.2, 0.25) is 0 Å². The molecule has 0 radical (unpaired) electrons. The van der Waals surface area contributed by atoms with Gasteiger partial charge in [0.2, 0.25) is 0 Å². The molecule has 48 valence electrons. The summed E-state index contributed by atoms with van der Waals surface area (Å²) in [5, 5.41) is 0. The molecular weight excluding hydrogens is 236 g/mol. The molecule has 1 nitrogen and oxygen atoms in total. The Morgan fingerprint density at radius 3 is 2.00 bits per heavy atom. The summed E-state index contributed by atoms with van der Waals surface area (Å²) in [5.74, 6) is 0. The minimum absolute atomic E-state index is 0. The molecule has 0 aliphatic heterocycles. The molecular formula is C4H4Cl2NRh. The zero-order chi connectivity index (χ0) is 3.54. The first kappa shape index (κ1) is 15.8. The SMILES string of the molecule is [Cl-].[Cl-].[Rh+3].[c-]1ccc[nH]1. The molecule has 0 saturated heterocycles. The van der Waals surface area contributed by atoms with Gasteiger partial charge in [-0.2, -0.15) is 18.3 Å². The van der Waals surface area contributed by atoms with E-state index >= 15 is 0 Å². The minimum Gasteiger partial charge on any atom is -1.00 e. The van der Waals surface area contributed by atoms with Crippen LogP contribution < -0.4 is 24.8 Å². The van der Waals surface area contributed by atoms with Crippen LogP contribution in [0.15, 0.2) is 18.3 Å². The third-order valence-electron chi connectivity index (χ3n) is 0.442. The second kappa shape index (κ2) is 10.5. The smallest absolute Gasteiger partial charge is 1.00 e. The van der Waals surface area contributed by atoms with Gasteiger partial charge in [-0.25, -0.2) is 0 Å². The van der Waals surface area contributed by atoms with Crippen molar-refractivity contribution in [2.45, 2.75) is 0 Å². The number of nitrogens with one attached hydrogen (secondary N) is 1. The van der Waals surface area contributed by atoms with E-state index in [4.69, 9.17) is 0 Å². The molecule has 0 aromatic carbocycles. The summed E-state index contributed by atoms with van der Waals surface area (Å²) in [7, 11) is 0. The number of H-pyrrole nitrogens is 1. The van der Waals surface area contributed by atoms with Gasteiger partial charge in [0.05, 0.1) is 0 Å². The van der Waals surface area contributed by atoms with E-state index in [1.165, 1.54) is 0 Å². The largest absolute Gasteiger partial charge is 3.00 e. The molecule has 4 heteroatoms. The van der Waals surface area contributed by atoms with Crippen molar-refractivity contribution in [1.82, 2.24) is 4.98 Å². The summed E-state index contributed by atoms with van der Waals surface area (Å²) in [6.07, 6.45) is 4.56. The maximum absolute atomic E-state index is 2.74. The van der Waals surface area contributed by atoms with Gasteiger partial charge >= 0.3 is 19.5 Å². The average molecular weight is 240 g/mol. The van der Waals surface area contributed by atoms with Gasteiger partial charge in [0, 0.05) is 0 Å². The van der Waals surface area contributed by atoms with Crippen molar-refractivity contribution in [2.75, 3.05) is 0 Å². The summed E-state index contributed by atoms with van der Waals surface area (Å²) < 4.78 is 0. The van der Waals surface area contributed by atoms with E-state index in [9.17, 15) is 0 Å². The second-order valence-corrected chi connectivity index (χ2v) is 0.814. The first-order chi connectivity index (χ1) is 2.50. The van der Waals surface area contributed by atoms with Crippen LogP contribution in [-0.4, -0.2) is 4.98 Å². The third kappa shape index (κ3) is 6.48. The molecule has 1 aromatic heterocycles. The van der Waals surface area contributed by atoms with Gasteiger partial charge in [-0.05, 0) is 0 Å². The fourth-order valence-electron chi connectivity index (χ4n) is 0.241. The van der Waals surface area contributed by atoms with E-state index in [2.05, 4.69) is 11.2 Å². The Bertz CT molecular complexity index is 70.5. The predicted octanol–water partition coefficient (Wildman–Crippen LogP) is -5.18. The Hall–Kier alpha value is 0.483. The fraction of sp³-hybridized carbons (Fsp3) is 0. The first-order valence-electron chi connectivity index (χ1n) is 1.49. The Morgan fingerprint density at radius 2 is 1.88 bits per heavy atom. The normalized spacial score (nSPS) is 5.00. The van der Waals surface area contributed by atoms with Gasteiger partial charge in [-0.1, -0.05) is 0 Å². The number of halogens is 2. The summed E-state index contributed by atoms with van der Waals surface area (Å²) >= 11 is 0. The van der Waals surface area contributed by atoms with Crippen LogP contribution in [0.25, 0.3) is 0 Å². The molecule has 8 heavy (non-hydrogen) atoms. The van der Waals surface area contributed by atoms with Crippen molar-refractivity contribution in [3.63, 3.8) is 0 Å². The molecule has 0 amide bonds. The van der Waals surface area contributed by atoms with E-state index in [0.29, 0.717) is 0 Å². The van der Waals surface area contributed by atoms with Crippen LogP contribution >= 0.6 is 0 Å². The summed E-state index contributed by atoms with van der Waals surface area (Å²) in [6, 6.07) is 3.71. The molecule has 0 bridgehead atoms. The zero-order valence-corrected chi connectivity index (χ0v) is 6.97. The van der Waals surface area contributed by atoms with Crippen LogP contribution in [-0.2, 0) is 19.5 Å². The topological polar surface area (TPSA) is 15.8 Å². The van der Waals surface area contributed by atoms with Gasteiger partial charge in [-0.3, -0.25) is 0 Å². The standard InChI is InChI=1S/C4H4N.2ClH.Rh/c1-2-4-5-3-1;;;/h1-3,5H;2*1H;/q-1;;;+3/p-2. The zero-order valence-electron chi connectivity index (χ0n) is 3.82. The predicted molar refractivity (Wildman–Crippen MR) is 19.6 cm³/mol. The summed E-state index contributed by atoms with van der Waals surface area (Å²) in [4.78, 5) is 2.74. The molecule has 1 N–H and O–H groups in total. The van der Waals surface area contributed by atoms with Crippen LogP contribution in [0.4, 0.5) is 0 Å². The maximum Gasteiger partial charge on any atom is 3.00 e. The Balaban J connectivity index is -0.0000000833. The molecule has 0 spiro atoms. The molecule has 0 aliphatic carbocycles. The molecule has 0 fully saturated rings. The van der Waals surface area contributed by atoms with E-state index in [1.807, 2.05) is 18.3 Å². The molecule has 0 atom stereocenters. The average Bonchev–Trinajstić information content (AvgIpc) is 1.76. The maximum atomic E-state index is 2.74. The number of hydrogen-bond donors (Lipinski definition) is 1. The monoisotopic (exact) mass is 239 g/mol. The van der Waals surface area contributed by atoms with E-state index in [-0.39, 0.29) is 44.3 Å². The minimum atomic E-state index is 0. The van der Waals surface area contributed by atoms with Gasteiger partial charge < -0.3 is 29.8 Å². The van der Waals surface area contributed by atoms with Crippen molar-refractivity contribution >= 4 is 0 Å². The number of aromatic nitrogens is 1. The molecule has 1 heterocycles. The van der Waals surface area contributed by atoms with Crippen LogP contribution in [0.5, 0.6) is 0 Å². The number of aromatic amines is 1. The Kier molecular flexibility index (Phi) is 20.7. The van der Waals surface area contributed by atoms with Gasteiger partial charge in [0.15, 0.2) is 0 Å². The summed E-state index contributed by atoms with van der Waals surface area (Å²) in [5.41, 5.74) is 0. The molecule has 0 aliphatic rings. The van der Waals surface area contributed by atoms with Crippen molar-refractivity contribution < 1.29 is 44.3 Å². The molecule has 1 aromatic rings. The Labute approximate surface area is 73.8 Å². The van der Waals surface area contributed by atoms with Crippen molar-refractivity contribution in [2.24, 2.45) is 0 Å². The first-order valence-corrected chi connectivity index (χ1v) is 1.49. The van der Waals surface area contributed by atoms with Crippen molar-refractivity contribution in [1.29, 1.82) is 0 Å². The molecule has 1 rings (SSSR count). The van der Waals surface area contributed by atoms with Gasteiger partial charge in [-0.15, -0.1) is 6.20 Å². The number of rotatable bonds is 0. The molecule has 0 saturated carbocycles.